The number of aromatic nitrogens is 4. The van der Waals surface area contributed by atoms with Gasteiger partial charge in [-0.25, -0.2) is 9.67 Å². The highest BCUT2D eigenvalue weighted by Crippen LogP contribution is 2.19. The maximum Gasteiger partial charge on any atom is 0.267 e. The third-order valence-electron chi connectivity index (χ3n) is 5.34. The van der Waals surface area contributed by atoms with Crippen LogP contribution >= 0.6 is 0 Å². The van der Waals surface area contributed by atoms with Crippen LogP contribution < -0.4 is 5.56 Å². The van der Waals surface area contributed by atoms with Gasteiger partial charge in [-0.1, -0.05) is 0 Å². The lowest BCUT2D eigenvalue weighted by Crippen LogP contribution is -2.50. The second-order valence-corrected chi connectivity index (χ2v) is 7.22. The summed E-state index contributed by atoms with van der Waals surface area (Å²) in [5, 5.41) is 4.63. The highest BCUT2D eigenvalue weighted by molar-refractivity contribution is 5.20. The van der Waals surface area contributed by atoms with Crippen LogP contribution in [0.1, 0.15) is 29.8 Å². The van der Waals surface area contributed by atoms with Gasteiger partial charge in [-0.15, -0.1) is 0 Å². The van der Waals surface area contributed by atoms with Crippen molar-refractivity contribution >= 4 is 0 Å². The number of aryl methyl sites for hydroxylation is 3. The van der Waals surface area contributed by atoms with E-state index in [1.807, 2.05) is 25.6 Å². The second kappa shape index (κ2) is 6.51. The zero-order chi connectivity index (χ0) is 16.5. The first-order chi connectivity index (χ1) is 11.7. The molecule has 0 bridgehead atoms. The molecule has 0 saturated carbocycles. The van der Waals surface area contributed by atoms with Gasteiger partial charge in [0.25, 0.3) is 5.56 Å². The summed E-state index contributed by atoms with van der Waals surface area (Å²) >= 11 is 0. The van der Waals surface area contributed by atoms with Crippen molar-refractivity contribution in [3.05, 3.63) is 45.9 Å². The molecule has 4 rings (SSSR count). The third kappa shape index (κ3) is 3.15. The SMILES string of the molecule is Cn1cncc1CCN1CC(Cn2nc3c(cc2=O)CCCC3)C1. The summed E-state index contributed by atoms with van der Waals surface area (Å²) in [7, 11) is 2.04. The number of likely N-dealkylation sites (tertiary alicyclic amines) is 1. The van der Waals surface area contributed by atoms with Crippen molar-refractivity contribution in [2.24, 2.45) is 13.0 Å². The predicted octanol–water partition coefficient (Wildman–Crippen LogP) is 1.03. The first-order valence-corrected chi connectivity index (χ1v) is 8.96. The number of fused-ring (bicyclic) bond motifs is 1. The van der Waals surface area contributed by atoms with Crippen LogP contribution in [0, 0.1) is 5.92 Å². The van der Waals surface area contributed by atoms with E-state index < -0.39 is 0 Å². The molecule has 0 spiro atoms. The molecule has 2 aliphatic rings. The molecule has 128 valence electrons. The summed E-state index contributed by atoms with van der Waals surface area (Å²) in [4.78, 5) is 18.8. The molecule has 2 aromatic heterocycles. The zero-order valence-corrected chi connectivity index (χ0v) is 14.3. The van der Waals surface area contributed by atoms with Crippen LogP contribution in [0.4, 0.5) is 0 Å². The van der Waals surface area contributed by atoms with E-state index in [2.05, 4.69) is 19.5 Å². The minimum absolute atomic E-state index is 0.0731. The van der Waals surface area contributed by atoms with E-state index in [9.17, 15) is 4.79 Å². The molecule has 3 heterocycles. The molecule has 0 amide bonds. The molecule has 0 radical (unpaired) electrons. The minimum atomic E-state index is 0.0731. The predicted molar refractivity (Wildman–Crippen MR) is 92.0 cm³/mol. The molecule has 0 N–H and O–H groups in total. The molecular weight excluding hydrogens is 302 g/mol. The number of hydrogen-bond donors (Lipinski definition) is 0. The maximum absolute atomic E-state index is 12.2. The molecule has 1 saturated heterocycles. The van der Waals surface area contributed by atoms with Gasteiger partial charge in [-0.2, -0.15) is 5.10 Å². The molecule has 24 heavy (non-hydrogen) atoms. The Morgan fingerprint density at radius 3 is 2.88 bits per heavy atom. The van der Waals surface area contributed by atoms with Crippen molar-refractivity contribution in [1.29, 1.82) is 0 Å². The van der Waals surface area contributed by atoms with Gasteiger partial charge < -0.3 is 9.47 Å². The fourth-order valence-corrected chi connectivity index (χ4v) is 3.85. The van der Waals surface area contributed by atoms with Crippen molar-refractivity contribution in [3.8, 4) is 0 Å². The van der Waals surface area contributed by atoms with E-state index in [1.165, 1.54) is 24.1 Å². The zero-order valence-electron chi connectivity index (χ0n) is 14.3. The number of imidazole rings is 1. The normalized spacial score (nSPS) is 18.4. The van der Waals surface area contributed by atoms with Crippen molar-refractivity contribution in [3.63, 3.8) is 0 Å². The number of rotatable bonds is 5. The summed E-state index contributed by atoms with van der Waals surface area (Å²) in [6.07, 6.45) is 9.24. The van der Waals surface area contributed by atoms with Gasteiger partial charge >= 0.3 is 0 Å². The smallest absolute Gasteiger partial charge is 0.267 e. The Kier molecular flexibility index (Phi) is 4.22. The van der Waals surface area contributed by atoms with Crippen LogP contribution in [0.5, 0.6) is 0 Å². The molecule has 6 nitrogen and oxygen atoms in total. The van der Waals surface area contributed by atoms with E-state index in [4.69, 9.17) is 0 Å². The molecule has 0 aromatic carbocycles. The molecular formula is C18H25N5O. The van der Waals surface area contributed by atoms with E-state index in [0.29, 0.717) is 5.92 Å². The maximum atomic E-state index is 12.2. The summed E-state index contributed by atoms with van der Waals surface area (Å²) < 4.78 is 3.78. The topological polar surface area (TPSA) is 56.0 Å². The van der Waals surface area contributed by atoms with Gasteiger partial charge in [-0.05, 0) is 31.2 Å². The van der Waals surface area contributed by atoms with Gasteiger partial charge in [0.15, 0.2) is 0 Å². The Bertz CT molecular complexity index is 772. The standard InChI is InChI=1S/C18H25N5O/c1-21-13-19-9-16(21)6-7-22-10-14(11-22)12-23-18(24)8-15-4-2-3-5-17(15)20-23/h8-9,13-14H,2-7,10-12H2,1H3. The van der Waals surface area contributed by atoms with Crippen LogP contribution in [-0.2, 0) is 32.9 Å². The van der Waals surface area contributed by atoms with Gasteiger partial charge in [0, 0.05) is 57.0 Å². The average molecular weight is 327 g/mol. The lowest BCUT2D eigenvalue weighted by atomic mass is 9.96. The number of hydrogen-bond acceptors (Lipinski definition) is 4. The largest absolute Gasteiger partial charge is 0.338 e. The summed E-state index contributed by atoms with van der Waals surface area (Å²) in [6.45, 7) is 3.93. The van der Waals surface area contributed by atoms with Crippen LogP contribution in [-0.4, -0.2) is 43.9 Å². The molecule has 0 unspecified atom stereocenters. The fraction of sp³-hybridized carbons (Fsp3) is 0.611. The van der Waals surface area contributed by atoms with Crippen LogP contribution in [0.2, 0.25) is 0 Å². The van der Waals surface area contributed by atoms with Crippen molar-refractivity contribution in [1.82, 2.24) is 24.2 Å². The van der Waals surface area contributed by atoms with Crippen LogP contribution in [0.3, 0.4) is 0 Å². The summed E-state index contributed by atoms with van der Waals surface area (Å²) in [5.74, 6) is 0.545. The van der Waals surface area contributed by atoms with Crippen LogP contribution in [0.15, 0.2) is 23.4 Å². The van der Waals surface area contributed by atoms with Gasteiger partial charge in [-0.3, -0.25) is 4.79 Å². The lowest BCUT2D eigenvalue weighted by molar-refractivity contribution is 0.0849. The molecule has 1 fully saturated rings. The molecule has 1 aliphatic carbocycles. The quantitative estimate of drug-likeness (QED) is 0.823. The third-order valence-corrected chi connectivity index (χ3v) is 5.34. The van der Waals surface area contributed by atoms with E-state index in [-0.39, 0.29) is 5.56 Å². The second-order valence-electron chi connectivity index (χ2n) is 7.22. The Balaban J connectivity index is 1.30. The number of nitrogens with zero attached hydrogens (tertiary/aromatic N) is 5. The van der Waals surface area contributed by atoms with E-state index in [0.717, 1.165) is 51.1 Å². The van der Waals surface area contributed by atoms with Gasteiger partial charge in [0.2, 0.25) is 0 Å². The summed E-state index contributed by atoms with van der Waals surface area (Å²) in [6, 6.07) is 1.82. The molecule has 0 atom stereocenters. The van der Waals surface area contributed by atoms with E-state index >= 15 is 0 Å². The Labute approximate surface area is 142 Å². The average Bonchev–Trinajstić information content (AvgIpc) is 2.95. The van der Waals surface area contributed by atoms with E-state index in [1.54, 1.807) is 4.68 Å². The van der Waals surface area contributed by atoms with Crippen molar-refractivity contribution < 1.29 is 0 Å². The van der Waals surface area contributed by atoms with Gasteiger partial charge in [0.05, 0.1) is 18.6 Å². The lowest BCUT2D eigenvalue weighted by Gasteiger charge is -2.39. The highest BCUT2D eigenvalue weighted by Gasteiger charge is 2.27. The Morgan fingerprint density at radius 2 is 2.08 bits per heavy atom. The highest BCUT2D eigenvalue weighted by atomic mass is 16.1. The monoisotopic (exact) mass is 327 g/mol. The Morgan fingerprint density at radius 1 is 1.25 bits per heavy atom. The first kappa shape index (κ1) is 15.6. The first-order valence-electron chi connectivity index (χ1n) is 8.96. The van der Waals surface area contributed by atoms with Crippen molar-refractivity contribution in [2.45, 2.75) is 38.6 Å². The minimum Gasteiger partial charge on any atom is -0.338 e. The fourth-order valence-electron chi connectivity index (χ4n) is 3.85. The molecule has 2 aromatic rings. The molecule has 1 aliphatic heterocycles. The van der Waals surface area contributed by atoms with Gasteiger partial charge in [0.1, 0.15) is 0 Å². The molecule has 6 heteroatoms. The Hall–Kier alpha value is -1.95. The van der Waals surface area contributed by atoms with Crippen LogP contribution in [0.25, 0.3) is 0 Å². The van der Waals surface area contributed by atoms with Crippen molar-refractivity contribution in [2.75, 3.05) is 19.6 Å². The summed E-state index contributed by atoms with van der Waals surface area (Å²) in [5.41, 5.74) is 3.66.